The lowest BCUT2D eigenvalue weighted by Crippen LogP contribution is -2.09. The highest BCUT2D eigenvalue weighted by Crippen LogP contribution is 2.20. The van der Waals surface area contributed by atoms with E-state index in [2.05, 4.69) is 9.47 Å². The van der Waals surface area contributed by atoms with E-state index in [9.17, 15) is 19.2 Å². The maximum atomic E-state index is 12.0. The summed E-state index contributed by atoms with van der Waals surface area (Å²) in [6.45, 7) is 0.448. The van der Waals surface area contributed by atoms with E-state index in [0.717, 1.165) is 0 Å². The van der Waals surface area contributed by atoms with E-state index in [-0.39, 0.29) is 13.2 Å². The van der Waals surface area contributed by atoms with Gasteiger partial charge in [-0.05, 0) is 48.5 Å². The molecule has 0 bridgehead atoms. The Morgan fingerprint density at radius 3 is 1.12 bits per heavy atom. The Hall–Kier alpha value is -2.98. The third kappa shape index (κ3) is 7.93. The number of hydrogen-bond acceptors (Lipinski definition) is 10. The summed E-state index contributed by atoms with van der Waals surface area (Å²) in [4.78, 5) is 46.7. The number of carbonyl (C=O) groups is 4. The number of esters is 4. The molecule has 0 amide bonds. The minimum Gasteiger partial charge on any atom is -0.465 e. The molecule has 0 heterocycles. The summed E-state index contributed by atoms with van der Waals surface area (Å²) in [6.07, 6.45) is 0. The van der Waals surface area contributed by atoms with Gasteiger partial charge in [-0.15, -0.1) is 0 Å². The fourth-order valence-corrected chi connectivity index (χ4v) is 4.00. The van der Waals surface area contributed by atoms with E-state index in [1.54, 1.807) is 0 Å². The van der Waals surface area contributed by atoms with Crippen molar-refractivity contribution in [3.8, 4) is 0 Å². The second-order valence-electron chi connectivity index (χ2n) is 6.05. The van der Waals surface area contributed by atoms with Crippen LogP contribution < -0.4 is 0 Å². The quantitative estimate of drug-likeness (QED) is 0.206. The van der Waals surface area contributed by atoms with Crippen LogP contribution in [0.1, 0.15) is 41.4 Å². The Labute approximate surface area is 193 Å². The molecule has 0 atom stereocenters. The van der Waals surface area contributed by atoms with E-state index in [1.807, 2.05) is 0 Å². The number of methoxy groups -OCH3 is 2. The fourth-order valence-electron chi connectivity index (χ4n) is 2.34. The van der Waals surface area contributed by atoms with Crippen molar-refractivity contribution in [1.29, 1.82) is 0 Å². The van der Waals surface area contributed by atoms with Crippen LogP contribution in [0.3, 0.4) is 0 Å². The molecule has 0 saturated carbocycles. The van der Waals surface area contributed by atoms with Gasteiger partial charge in [-0.25, -0.2) is 19.2 Å². The van der Waals surface area contributed by atoms with Crippen molar-refractivity contribution in [2.24, 2.45) is 0 Å². The highest BCUT2D eigenvalue weighted by molar-refractivity contribution is 8.76. The minimum absolute atomic E-state index is 0.224. The van der Waals surface area contributed by atoms with E-state index < -0.39 is 23.9 Å². The van der Waals surface area contributed by atoms with Crippen molar-refractivity contribution in [2.45, 2.75) is 0 Å². The van der Waals surface area contributed by atoms with Gasteiger partial charge >= 0.3 is 23.9 Å². The van der Waals surface area contributed by atoms with Gasteiger partial charge in [0, 0.05) is 11.5 Å². The zero-order valence-electron chi connectivity index (χ0n) is 17.5. The third-order valence-electron chi connectivity index (χ3n) is 3.97. The lowest BCUT2D eigenvalue weighted by molar-refractivity contribution is 0.0520. The molecule has 0 spiro atoms. The van der Waals surface area contributed by atoms with Crippen LogP contribution >= 0.6 is 21.6 Å². The second-order valence-corrected chi connectivity index (χ2v) is 8.76. The van der Waals surface area contributed by atoms with E-state index in [1.165, 1.54) is 84.3 Å². The summed E-state index contributed by atoms with van der Waals surface area (Å²) < 4.78 is 19.6. The zero-order chi connectivity index (χ0) is 23.3. The number of rotatable bonds is 11. The predicted octanol–water partition coefficient (Wildman–Crippen LogP) is 3.66. The van der Waals surface area contributed by atoms with Gasteiger partial charge in [-0.2, -0.15) is 0 Å². The standard InChI is InChI=1S/C22H22O8S2/c1-27-19(23)15-3-7-17(8-4-15)21(25)29-11-13-31-32-14-12-30-22(26)18-9-5-16(6-10-18)20(24)28-2/h3-10H,11-14H2,1-2H3. The molecule has 0 saturated heterocycles. The van der Waals surface area contributed by atoms with Gasteiger partial charge in [0.2, 0.25) is 0 Å². The molecule has 0 aliphatic rings. The van der Waals surface area contributed by atoms with Gasteiger partial charge in [0.1, 0.15) is 13.2 Å². The normalized spacial score (nSPS) is 10.2. The molecule has 0 N–H and O–H groups in total. The lowest BCUT2D eigenvalue weighted by Gasteiger charge is -2.06. The maximum Gasteiger partial charge on any atom is 0.338 e. The molecule has 32 heavy (non-hydrogen) atoms. The van der Waals surface area contributed by atoms with Gasteiger partial charge in [-0.3, -0.25) is 0 Å². The molecular formula is C22H22O8S2. The molecule has 2 aromatic rings. The van der Waals surface area contributed by atoms with Crippen molar-refractivity contribution >= 4 is 45.5 Å². The smallest absolute Gasteiger partial charge is 0.338 e. The van der Waals surface area contributed by atoms with Crippen molar-refractivity contribution < 1.29 is 38.1 Å². The lowest BCUT2D eigenvalue weighted by atomic mass is 10.1. The van der Waals surface area contributed by atoms with Crippen LogP contribution in [0.4, 0.5) is 0 Å². The van der Waals surface area contributed by atoms with Gasteiger partial charge in [0.05, 0.1) is 36.5 Å². The fraction of sp³-hybridized carbons (Fsp3) is 0.273. The Kier molecular flexibility index (Phi) is 10.6. The molecule has 10 heteroatoms. The van der Waals surface area contributed by atoms with Gasteiger partial charge in [-0.1, -0.05) is 21.6 Å². The molecule has 170 valence electrons. The summed E-state index contributed by atoms with van der Waals surface area (Å²) >= 11 is 0. The molecule has 0 radical (unpaired) electrons. The molecule has 0 aliphatic carbocycles. The van der Waals surface area contributed by atoms with Crippen LogP contribution in [0.2, 0.25) is 0 Å². The number of benzene rings is 2. The SMILES string of the molecule is COC(=O)c1ccc(C(=O)OCCSSCCOC(=O)c2ccc(C(=O)OC)cc2)cc1. The van der Waals surface area contributed by atoms with Crippen molar-refractivity contribution in [3.63, 3.8) is 0 Å². The highest BCUT2D eigenvalue weighted by atomic mass is 33.1. The number of carbonyl (C=O) groups excluding carboxylic acids is 4. The summed E-state index contributed by atoms with van der Waals surface area (Å²) in [5, 5.41) is 0. The Morgan fingerprint density at radius 2 is 0.844 bits per heavy atom. The zero-order valence-corrected chi connectivity index (χ0v) is 19.2. The van der Waals surface area contributed by atoms with E-state index in [0.29, 0.717) is 33.8 Å². The van der Waals surface area contributed by atoms with Crippen LogP contribution in [-0.2, 0) is 18.9 Å². The predicted molar refractivity (Wildman–Crippen MR) is 121 cm³/mol. The maximum absolute atomic E-state index is 12.0. The molecule has 8 nitrogen and oxygen atoms in total. The Morgan fingerprint density at radius 1 is 0.562 bits per heavy atom. The first-order valence-electron chi connectivity index (χ1n) is 9.41. The van der Waals surface area contributed by atoms with Crippen LogP contribution in [0, 0.1) is 0 Å². The van der Waals surface area contributed by atoms with Crippen molar-refractivity contribution in [1.82, 2.24) is 0 Å². The number of hydrogen-bond donors (Lipinski definition) is 0. The average molecular weight is 479 g/mol. The monoisotopic (exact) mass is 478 g/mol. The van der Waals surface area contributed by atoms with E-state index >= 15 is 0 Å². The van der Waals surface area contributed by atoms with E-state index in [4.69, 9.17) is 9.47 Å². The third-order valence-corrected chi connectivity index (χ3v) is 6.30. The molecule has 0 fully saturated rings. The molecule has 2 aromatic carbocycles. The topological polar surface area (TPSA) is 105 Å². The highest BCUT2D eigenvalue weighted by Gasteiger charge is 2.11. The van der Waals surface area contributed by atoms with Crippen LogP contribution in [0.15, 0.2) is 48.5 Å². The van der Waals surface area contributed by atoms with Crippen LogP contribution in [0.5, 0.6) is 0 Å². The molecular weight excluding hydrogens is 456 g/mol. The first-order valence-corrected chi connectivity index (χ1v) is 11.9. The first kappa shape index (κ1) is 25.3. The summed E-state index contributed by atoms with van der Waals surface area (Å²) in [6, 6.07) is 12.0. The van der Waals surface area contributed by atoms with Gasteiger partial charge in [0.15, 0.2) is 0 Å². The second kappa shape index (κ2) is 13.4. The largest absolute Gasteiger partial charge is 0.465 e. The summed E-state index contributed by atoms with van der Waals surface area (Å²) in [5.41, 5.74) is 1.41. The van der Waals surface area contributed by atoms with Crippen molar-refractivity contribution in [2.75, 3.05) is 38.9 Å². The Balaban J connectivity index is 1.57. The summed E-state index contributed by atoms with van der Waals surface area (Å²) in [7, 11) is 5.56. The minimum atomic E-state index is -0.473. The molecule has 0 aliphatic heterocycles. The first-order chi connectivity index (χ1) is 15.5. The average Bonchev–Trinajstić information content (AvgIpc) is 2.84. The number of ether oxygens (including phenoxy) is 4. The molecule has 0 unspecified atom stereocenters. The molecule has 0 aromatic heterocycles. The Bertz CT molecular complexity index is 848. The van der Waals surface area contributed by atoms with Crippen LogP contribution in [0.25, 0.3) is 0 Å². The van der Waals surface area contributed by atoms with Crippen LogP contribution in [-0.4, -0.2) is 62.8 Å². The van der Waals surface area contributed by atoms with Gasteiger partial charge in [0.25, 0.3) is 0 Å². The summed E-state index contributed by atoms with van der Waals surface area (Å²) in [5.74, 6) is -0.751. The van der Waals surface area contributed by atoms with Crippen molar-refractivity contribution in [3.05, 3.63) is 70.8 Å². The molecule has 2 rings (SSSR count). The van der Waals surface area contributed by atoms with Gasteiger partial charge < -0.3 is 18.9 Å².